The standard InChI is InChI=1S/C22H16N4O5/c1-30-18-8-14(19-15(9-23)20(25)26-21(27)16(19)10-24)6-7-17(18)31-11-12-2-4-13(5-3-12)22(28)29/h2-8H,11H2,1H3,(H,28,29)(H3,25,26,27). The van der Waals surface area contributed by atoms with Gasteiger partial charge < -0.3 is 25.3 Å². The number of aromatic amines is 1. The van der Waals surface area contributed by atoms with Crippen LogP contribution in [0.15, 0.2) is 47.3 Å². The molecule has 0 bridgehead atoms. The molecule has 9 nitrogen and oxygen atoms in total. The van der Waals surface area contributed by atoms with Crippen molar-refractivity contribution in [1.82, 2.24) is 4.98 Å². The Bertz CT molecular complexity index is 1300. The van der Waals surface area contributed by atoms with E-state index in [0.29, 0.717) is 17.1 Å². The molecule has 0 saturated carbocycles. The fraction of sp³-hybridized carbons (Fsp3) is 0.0909. The van der Waals surface area contributed by atoms with Gasteiger partial charge in [0.05, 0.1) is 12.7 Å². The van der Waals surface area contributed by atoms with Crippen molar-refractivity contribution in [2.75, 3.05) is 12.8 Å². The van der Waals surface area contributed by atoms with E-state index in [0.717, 1.165) is 5.56 Å². The summed E-state index contributed by atoms with van der Waals surface area (Å²) >= 11 is 0. The number of benzene rings is 2. The van der Waals surface area contributed by atoms with E-state index in [9.17, 15) is 20.1 Å². The Morgan fingerprint density at radius 1 is 1.10 bits per heavy atom. The topological polar surface area (TPSA) is 162 Å². The quantitative estimate of drug-likeness (QED) is 0.552. The number of hydrogen-bond acceptors (Lipinski definition) is 7. The molecular weight excluding hydrogens is 400 g/mol. The third-order valence-corrected chi connectivity index (χ3v) is 4.52. The highest BCUT2D eigenvalue weighted by Crippen LogP contribution is 2.36. The van der Waals surface area contributed by atoms with Crippen LogP contribution >= 0.6 is 0 Å². The molecule has 0 aliphatic rings. The van der Waals surface area contributed by atoms with E-state index in [2.05, 4.69) is 4.98 Å². The molecule has 0 atom stereocenters. The van der Waals surface area contributed by atoms with Gasteiger partial charge in [-0.1, -0.05) is 18.2 Å². The van der Waals surface area contributed by atoms with Gasteiger partial charge in [-0.15, -0.1) is 0 Å². The molecule has 2 aromatic carbocycles. The molecular formula is C22H16N4O5. The molecule has 0 amide bonds. The fourth-order valence-electron chi connectivity index (χ4n) is 2.98. The minimum Gasteiger partial charge on any atom is -0.493 e. The highest BCUT2D eigenvalue weighted by molar-refractivity contribution is 5.87. The Kier molecular flexibility index (Phi) is 5.90. The molecule has 0 fully saturated rings. The number of carboxylic acid groups (broad SMARTS) is 1. The molecule has 9 heteroatoms. The predicted molar refractivity (Wildman–Crippen MR) is 111 cm³/mol. The summed E-state index contributed by atoms with van der Waals surface area (Å²) in [5.74, 6) is -0.459. The molecule has 0 aliphatic heterocycles. The molecule has 3 aromatic rings. The number of nitrogens with zero attached hydrogens (tertiary/aromatic N) is 2. The van der Waals surface area contributed by atoms with Gasteiger partial charge in [0.15, 0.2) is 11.5 Å². The molecule has 0 unspecified atom stereocenters. The van der Waals surface area contributed by atoms with Gasteiger partial charge in [0.1, 0.15) is 35.7 Å². The Hall–Kier alpha value is -4.76. The average Bonchev–Trinajstić information content (AvgIpc) is 2.77. The Morgan fingerprint density at radius 3 is 2.35 bits per heavy atom. The van der Waals surface area contributed by atoms with Gasteiger partial charge in [-0.25, -0.2) is 4.79 Å². The molecule has 0 saturated heterocycles. The van der Waals surface area contributed by atoms with Gasteiger partial charge in [-0.2, -0.15) is 10.5 Å². The van der Waals surface area contributed by atoms with E-state index in [4.69, 9.17) is 20.3 Å². The summed E-state index contributed by atoms with van der Waals surface area (Å²) in [6.45, 7) is 0.153. The van der Waals surface area contributed by atoms with Crippen molar-refractivity contribution < 1.29 is 19.4 Å². The van der Waals surface area contributed by atoms with Crippen molar-refractivity contribution >= 4 is 11.8 Å². The summed E-state index contributed by atoms with van der Waals surface area (Å²) in [4.78, 5) is 25.4. The lowest BCUT2D eigenvalue weighted by molar-refractivity contribution is 0.0697. The molecule has 0 aliphatic carbocycles. The lowest BCUT2D eigenvalue weighted by atomic mass is 9.96. The Balaban J connectivity index is 1.96. The lowest BCUT2D eigenvalue weighted by Gasteiger charge is -2.14. The van der Waals surface area contributed by atoms with Crippen LogP contribution < -0.4 is 20.8 Å². The van der Waals surface area contributed by atoms with Crippen LogP contribution in [0.25, 0.3) is 11.1 Å². The second-order valence-electron chi connectivity index (χ2n) is 6.37. The fourth-order valence-corrected chi connectivity index (χ4v) is 2.98. The number of anilines is 1. The third-order valence-electron chi connectivity index (χ3n) is 4.52. The maximum atomic E-state index is 12.1. The number of carboxylic acids is 1. The maximum Gasteiger partial charge on any atom is 0.335 e. The van der Waals surface area contributed by atoms with Crippen molar-refractivity contribution in [2.24, 2.45) is 0 Å². The first kappa shape index (κ1) is 21.0. The van der Waals surface area contributed by atoms with Gasteiger partial charge >= 0.3 is 5.97 Å². The number of pyridine rings is 1. The summed E-state index contributed by atoms with van der Waals surface area (Å²) in [6.07, 6.45) is 0. The van der Waals surface area contributed by atoms with Crippen LogP contribution in [0.1, 0.15) is 27.0 Å². The van der Waals surface area contributed by atoms with Crippen molar-refractivity contribution in [3.63, 3.8) is 0 Å². The molecule has 4 N–H and O–H groups in total. The van der Waals surface area contributed by atoms with Crippen LogP contribution in [-0.4, -0.2) is 23.2 Å². The monoisotopic (exact) mass is 416 g/mol. The summed E-state index contributed by atoms with van der Waals surface area (Å²) in [6, 6.07) is 14.7. The van der Waals surface area contributed by atoms with E-state index in [1.165, 1.54) is 19.2 Å². The number of aromatic nitrogens is 1. The summed E-state index contributed by atoms with van der Waals surface area (Å²) in [7, 11) is 1.43. The number of H-pyrrole nitrogens is 1. The first-order chi connectivity index (χ1) is 14.9. The van der Waals surface area contributed by atoms with E-state index < -0.39 is 11.5 Å². The van der Waals surface area contributed by atoms with Gasteiger partial charge in [0.2, 0.25) is 0 Å². The van der Waals surface area contributed by atoms with E-state index in [-0.39, 0.29) is 34.7 Å². The van der Waals surface area contributed by atoms with Crippen LogP contribution in [0.3, 0.4) is 0 Å². The number of nitrogen functional groups attached to an aromatic ring is 1. The summed E-state index contributed by atoms with van der Waals surface area (Å²) < 4.78 is 11.1. The average molecular weight is 416 g/mol. The van der Waals surface area contributed by atoms with Crippen molar-refractivity contribution in [3.05, 3.63) is 75.1 Å². The third kappa shape index (κ3) is 4.16. The normalized spacial score (nSPS) is 10.0. The van der Waals surface area contributed by atoms with Gasteiger partial charge in [-0.3, -0.25) is 4.79 Å². The molecule has 1 aromatic heterocycles. The van der Waals surface area contributed by atoms with Gasteiger partial charge in [-0.05, 0) is 35.4 Å². The highest BCUT2D eigenvalue weighted by atomic mass is 16.5. The van der Waals surface area contributed by atoms with E-state index in [1.54, 1.807) is 30.3 Å². The number of aromatic carboxylic acids is 1. The van der Waals surface area contributed by atoms with Crippen LogP contribution in [0, 0.1) is 22.7 Å². The number of carbonyl (C=O) groups is 1. The SMILES string of the molecule is COc1cc(-c2c(C#N)c(N)[nH]c(=O)c2C#N)ccc1OCc1ccc(C(=O)O)cc1. The molecule has 1 heterocycles. The van der Waals surface area contributed by atoms with Crippen LogP contribution in [0.5, 0.6) is 11.5 Å². The molecule has 0 radical (unpaired) electrons. The summed E-state index contributed by atoms with van der Waals surface area (Å²) in [5, 5.41) is 27.8. The van der Waals surface area contributed by atoms with Gasteiger partial charge in [0.25, 0.3) is 5.56 Å². The van der Waals surface area contributed by atoms with Crippen LogP contribution in [0.4, 0.5) is 5.82 Å². The molecule has 0 spiro atoms. The minimum atomic E-state index is -1.02. The number of nitrogens with one attached hydrogen (secondary N) is 1. The Morgan fingerprint density at radius 2 is 1.77 bits per heavy atom. The largest absolute Gasteiger partial charge is 0.493 e. The number of nitriles is 2. The zero-order valence-corrected chi connectivity index (χ0v) is 16.3. The zero-order valence-electron chi connectivity index (χ0n) is 16.3. The summed E-state index contributed by atoms with van der Waals surface area (Å²) in [5.41, 5.74) is 6.22. The number of methoxy groups -OCH3 is 1. The number of nitrogens with two attached hydrogens (primary N) is 1. The second kappa shape index (κ2) is 8.72. The Labute approximate surface area is 176 Å². The first-order valence-electron chi connectivity index (χ1n) is 8.89. The lowest BCUT2D eigenvalue weighted by Crippen LogP contribution is -2.16. The second-order valence-corrected chi connectivity index (χ2v) is 6.37. The number of ether oxygens (including phenoxy) is 2. The smallest absolute Gasteiger partial charge is 0.335 e. The number of hydrogen-bond donors (Lipinski definition) is 3. The predicted octanol–water partition coefficient (Wildman–Crippen LogP) is 2.65. The van der Waals surface area contributed by atoms with Crippen LogP contribution in [-0.2, 0) is 6.61 Å². The molecule has 3 rings (SSSR count). The molecule has 31 heavy (non-hydrogen) atoms. The van der Waals surface area contributed by atoms with E-state index >= 15 is 0 Å². The maximum absolute atomic E-state index is 12.1. The van der Waals surface area contributed by atoms with Crippen molar-refractivity contribution in [2.45, 2.75) is 6.61 Å². The molecule has 154 valence electrons. The van der Waals surface area contributed by atoms with E-state index in [1.807, 2.05) is 12.1 Å². The van der Waals surface area contributed by atoms with Crippen molar-refractivity contribution in [3.8, 4) is 34.8 Å². The minimum absolute atomic E-state index is 0.0228. The van der Waals surface area contributed by atoms with Gasteiger partial charge in [0, 0.05) is 5.56 Å². The highest BCUT2D eigenvalue weighted by Gasteiger charge is 2.19. The zero-order chi connectivity index (χ0) is 22.5. The van der Waals surface area contributed by atoms with Crippen molar-refractivity contribution in [1.29, 1.82) is 10.5 Å². The number of rotatable bonds is 6. The first-order valence-corrected chi connectivity index (χ1v) is 8.89. The van der Waals surface area contributed by atoms with Crippen LogP contribution in [0.2, 0.25) is 0 Å².